The highest BCUT2D eigenvalue weighted by Gasteiger charge is 2.39. The third kappa shape index (κ3) is 3.78. The molecule has 0 aliphatic carbocycles. The van der Waals surface area contributed by atoms with E-state index < -0.39 is 11.3 Å². The van der Waals surface area contributed by atoms with Crippen molar-refractivity contribution in [3.05, 3.63) is 53.7 Å². The lowest BCUT2D eigenvalue weighted by molar-refractivity contribution is -0.127. The molecular weight excluding hydrogens is 394 g/mol. The van der Waals surface area contributed by atoms with Crippen molar-refractivity contribution in [2.75, 3.05) is 25.4 Å². The number of aromatic nitrogens is 2. The number of anilines is 1. The molecule has 2 aromatic rings. The van der Waals surface area contributed by atoms with Crippen LogP contribution in [0.4, 0.5) is 5.82 Å². The van der Waals surface area contributed by atoms with Gasteiger partial charge in [-0.25, -0.2) is 4.68 Å². The number of nitrogens with two attached hydrogens (primary N) is 2. The van der Waals surface area contributed by atoms with Gasteiger partial charge in [0.1, 0.15) is 17.1 Å². The Morgan fingerprint density at radius 3 is 2.87 bits per heavy atom. The summed E-state index contributed by atoms with van der Waals surface area (Å²) in [5, 5.41) is 4.86. The van der Waals surface area contributed by atoms with E-state index in [1.54, 1.807) is 9.58 Å². The molecule has 0 unspecified atom stereocenters. The van der Waals surface area contributed by atoms with Crippen LogP contribution in [0.3, 0.4) is 0 Å². The summed E-state index contributed by atoms with van der Waals surface area (Å²) in [6.45, 7) is 7.30. The van der Waals surface area contributed by atoms with Gasteiger partial charge in [-0.3, -0.25) is 9.59 Å². The molecule has 2 amide bonds. The lowest BCUT2D eigenvalue weighted by Gasteiger charge is -2.32. The number of carbonyl (C=O) groups excluding carboxylic acids is 2. The smallest absolute Gasteiger partial charge is 0.254 e. The molecule has 1 fully saturated rings. The number of nitrogen functional groups attached to an aromatic ring is 1. The highest BCUT2D eigenvalue weighted by Crippen LogP contribution is 2.40. The Morgan fingerprint density at radius 1 is 1.35 bits per heavy atom. The van der Waals surface area contributed by atoms with E-state index in [0.717, 1.165) is 24.2 Å². The van der Waals surface area contributed by atoms with Crippen LogP contribution in [0.15, 0.2) is 36.9 Å². The largest absolute Gasteiger partial charge is 0.493 e. The van der Waals surface area contributed by atoms with Crippen molar-refractivity contribution in [3.63, 3.8) is 0 Å². The quantitative estimate of drug-likeness (QED) is 0.731. The molecule has 1 aromatic carbocycles. The van der Waals surface area contributed by atoms with Gasteiger partial charge in [0.05, 0.1) is 18.3 Å². The van der Waals surface area contributed by atoms with Crippen molar-refractivity contribution in [2.45, 2.75) is 44.1 Å². The number of rotatable bonds is 4. The van der Waals surface area contributed by atoms with Crippen LogP contribution in [0.25, 0.3) is 0 Å². The first kappa shape index (κ1) is 21.0. The van der Waals surface area contributed by atoms with Crippen LogP contribution in [0.2, 0.25) is 0 Å². The number of hydrogen-bond donors (Lipinski definition) is 2. The van der Waals surface area contributed by atoms with Crippen LogP contribution >= 0.6 is 0 Å². The molecule has 0 saturated carbocycles. The van der Waals surface area contributed by atoms with E-state index in [0.29, 0.717) is 38.2 Å². The Labute approximate surface area is 181 Å². The molecule has 0 bridgehead atoms. The van der Waals surface area contributed by atoms with Crippen LogP contribution in [0, 0.1) is 0 Å². The van der Waals surface area contributed by atoms with Gasteiger partial charge in [0.15, 0.2) is 0 Å². The minimum atomic E-state index is -0.590. The summed E-state index contributed by atoms with van der Waals surface area (Å²) in [4.78, 5) is 26.3. The van der Waals surface area contributed by atoms with Crippen LogP contribution in [0.5, 0.6) is 5.75 Å². The number of hydrogen-bond acceptors (Lipinski definition) is 5. The third-order valence-corrected chi connectivity index (χ3v) is 6.46. The number of nitrogens with zero attached hydrogens (tertiary/aromatic N) is 3. The highest BCUT2D eigenvalue weighted by molar-refractivity contribution is 5.99. The summed E-state index contributed by atoms with van der Waals surface area (Å²) < 4.78 is 7.63. The second-order valence-electron chi connectivity index (χ2n) is 8.65. The number of fused-ring (bicyclic) bond motifs is 1. The Morgan fingerprint density at radius 2 is 2.13 bits per heavy atom. The van der Waals surface area contributed by atoms with Crippen molar-refractivity contribution >= 4 is 17.6 Å². The first-order valence-corrected chi connectivity index (χ1v) is 10.6. The number of primary amides is 1. The Kier molecular flexibility index (Phi) is 5.47. The normalized spacial score (nSPS) is 23.4. The molecule has 8 nitrogen and oxygen atoms in total. The molecule has 164 valence electrons. The first-order valence-electron chi connectivity index (χ1n) is 10.6. The van der Waals surface area contributed by atoms with Crippen LogP contribution < -0.4 is 16.2 Å². The molecule has 8 heteroatoms. The summed E-state index contributed by atoms with van der Waals surface area (Å²) in [7, 11) is 0. The van der Waals surface area contributed by atoms with E-state index in [1.807, 2.05) is 24.3 Å². The zero-order valence-corrected chi connectivity index (χ0v) is 17.8. The molecule has 1 saturated heterocycles. The van der Waals surface area contributed by atoms with Gasteiger partial charge in [0.2, 0.25) is 5.91 Å². The summed E-state index contributed by atoms with van der Waals surface area (Å²) in [6, 6.07) is 7.78. The maximum Gasteiger partial charge on any atom is 0.254 e. The molecule has 3 heterocycles. The van der Waals surface area contributed by atoms with Gasteiger partial charge < -0.3 is 21.1 Å². The number of amides is 2. The van der Waals surface area contributed by atoms with Crippen LogP contribution in [-0.2, 0) is 16.6 Å². The standard InChI is InChI=1S/C23H29N5O3/c1-3-18(29)27-11-6-8-16(14-27)28-21(24)19(22(25)30)20(26-28)23(2)10-12-31-17-9-5-4-7-15(17)13-23/h3-5,7,9,16H,1,6,8,10-14,24H2,2H3,(H2,25,30)/t16-,23+/m1/s1. The Bertz CT molecular complexity index is 1030. The summed E-state index contributed by atoms with van der Waals surface area (Å²) >= 11 is 0. The molecule has 0 spiro atoms. The van der Waals surface area contributed by atoms with Crippen molar-refractivity contribution < 1.29 is 14.3 Å². The summed E-state index contributed by atoms with van der Waals surface area (Å²) in [5.41, 5.74) is 13.7. The molecule has 4 N–H and O–H groups in total. The van der Waals surface area contributed by atoms with E-state index in [9.17, 15) is 9.59 Å². The molecule has 4 rings (SSSR count). The van der Waals surface area contributed by atoms with E-state index in [2.05, 4.69) is 13.5 Å². The lowest BCUT2D eigenvalue weighted by Crippen LogP contribution is -2.40. The topological polar surface area (TPSA) is 116 Å². The number of ether oxygens (including phenoxy) is 1. The second-order valence-corrected chi connectivity index (χ2v) is 8.65. The monoisotopic (exact) mass is 423 g/mol. The van der Waals surface area contributed by atoms with Gasteiger partial charge >= 0.3 is 0 Å². The average molecular weight is 424 g/mol. The Hall–Kier alpha value is -3.29. The summed E-state index contributed by atoms with van der Waals surface area (Å²) in [6.07, 6.45) is 4.28. The highest BCUT2D eigenvalue weighted by atomic mass is 16.5. The second kappa shape index (κ2) is 8.09. The van der Waals surface area contributed by atoms with E-state index in [-0.39, 0.29) is 23.3 Å². The SMILES string of the molecule is C=CC(=O)N1CCC[C@@H](n2nc([C@@]3(C)CCOc4ccccc4C3)c(C(N)=O)c2N)C1. The van der Waals surface area contributed by atoms with Gasteiger partial charge in [0.25, 0.3) is 5.91 Å². The first-order chi connectivity index (χ1) is 14.8. The Balaban J connectivity index is 1.74. The summed E-state index contributed by atoms with van der Waals surface area (Å²) in [5.74, 6) is 0.411. The molecule has 31 heavy (non-hydrogen) atoms. The molecule has 2 aliphatic rings. The van der Waals surface area contributed by atoms with Crippen LogP contribution in [0.1, 0.15) is 53.8 Å². The van der Waals surface area contributed by atoms with Crippen molar-refractivity contribution in [3.8, 4) is 5.75 Å². The van der Waals surface area contributed by atoms with Gasteiger partial charge in [-0.2, -0.15) is 5.10 Å². The lowest BCUT2D eigenvalue weighted by atomic mass is 9.76. The van der Waals surface area contributed by atoms with Crippen molar-refractivity contribution in [2.24, 2.45) is 5.73 Å². The fraction of sp³-hybridized carbons (Fsp3) is 0.435. The molecule has 0 radical (unpaired) electrons. The predicted octanol–water partition coefficient (Wildman–Crippen LogP) is 2.20. The van der Waals surface area contributed by atoms with Gasteiger partial charge in [-0.05, 0) is 43.4 Å². The van der Waals surface area contributed by atoms with E-state index >= 15 is 0 Å². The number of piperidine rings is 1. The average Bonchev–Trinajstić information content (AvgIpc) is 3.02. The fourth-order valence-electron chi connectivity index (χ4n) is 4.76. The molecule has 1 aromatic heterocycles. The van der Waals surface area contributed by atoms with Gasteiger partial charge in [0, 0.05) is 18.5 Å². The van der Waals surface area contributed by atoms with Gasteiger partial charge in [-0.1, -0.05) is 31.7 Å². The van der Waals surface area contributed by atoms with Gasteiger partial charge in [-0.15, -0.1) is 0 Å². The van der Waals surface area contributed by atoms with Crippen molar-refractivity contribution in [1.29, 1.82) is 0 Å². The third-order valence-electron chi connectivity index (χ3n) is 6.46. The number of benzene rings is 1. The minimum Gasteiger partial charge on any atom is -0.493 e. The van der Waals surface area contributed by atoms with Crippen LogP contribution in [-0.4, -0.2) is 46.2 Å². The van der Waals surface area contributed by atoms with E-state index in [1.165, 1.54) is 6.08 Å². The fourth-order valence-corrected chi connectivity index (χ4v) is 4.76. The number of carbonyl (C=O) groups is 2. The zero-order valence-electron chi connectivity index (χ0n) is 17.8. The zero-order chi connectivity index (χ0) is 22.2. The number of para-hydroxylation sites is 1. The van der Waals surface area contributed by atoms with Crippen molar-refractivity contribution in [1.82, 2.24) is 14.7 Å². The molecule has 2 atom stereocenters. The number of likely N-dealkylation sites (tertiary alicyclic amines) is 1. The maximum atomic E-state index is 12.5. The predicted molar refractivity (Wildman–Crippen MR) is 118 cm³/mol. The molecular formula is C23H29N5O3. The maximum absolute atomic E-state index is 12.5. The molecule has 2 aliphatic heterocycles. The minimum absolute atomic E-state index is 0.115. The van der Waals surface area contributed by atoms with E-state index in [4.69, 9.17) is 21.3 Å².